The number of hydrogen-bond donors (Lipinski definition) is 0. The van der Waals surface area contributed by atoms with Crippen molar-refractivity contribution in [3.63, 3.8) is 0 Å². The van der Waals surface area contributed by atoms with Crippen molar-refractivity contribution in [2.75, 3.05) is 12.9 Å². The lowest BCUT2D eigenvalue weighted by Crippen LogP contribution is -2.27. The van der Waals surface area contributed by atoms with Gasteiger partial charge in [0.2, 0.25) is 5.91 Å². The molecule has 3 rings (SSSR count). The molecule has 0 radical (unpaired) electrons. The van der Waals surface area contributed by atoms with Crippen LogP contribution in [0.2, 0.25) is 0 Å². The van der Waals surface area contributed by atoms with Crippen LogP contribution in [0, 0.1) is 0 Å². The number of carbonyl (C=O) groups excluding carboxylic acids is 1. The lowest BCUT2D eigenvalue weighted by molar-refractivity contribution is -0.128. The number of amides is 1. The summed E-state index contributed by atoms with van der Waals surface area (Å²) >= 11 is 1.65. The molecule has 1 aromatic heterocycles. The van der Waals surface area contributed by atoms with Gasteiger partial charge in [-0.05, 0) is 23.8 Å². The fourth-order valence-electron chi connectivity index (χ4n) is 2.39. The van der Waals surface area contributed by atoms with Crippen LogP contribution in [0.15, 0.2) is 48.8 Å². The third-order valence-electron chi connectivity index (χ3n) is 3.42. The third kappa shape index (κ3) is 3.03. The maximum atomic E-state index is 12.2. The van der Waals surface area contributed by atoms with Crippen LogP contribution in [0.5, 0.6) is 5.75 Å². The standard InChI is InChI=1S/C16H16N2O2S/c1-20-14-6-2-4-12(8-14)10-18-15(19)11-21-16(18)13-5-3-7-17-9-13/h2-9,16H,10-11H2,1H3. The molecule has 2 aromatic rings. The molecule has 1 saturated heterocycles. The molecule has 1 aliphatic heterocycles. The van der Waals surface area contributed by atoms with E-state index in [0.717, 1.165) is 16.9 Å². The van der Waals surface area contributed by atoms with Gasteiger partial charge in [-0.2, -0.15) is 0 Å². The van der Waals surface area contributed by atoms with Gasteiger partial charge in [0.05, 0.1) is 12.9 Å². The molecular formula is C16H16N2O2S. The van der Waals surface area contributed by atoms with Crippen molar-refractivity contribution < 1.29 is 9.53 Å². The van der Waals surface area contributed by atoms with Crippen molar-refractivity contribution in [1.82, 2.24) is 9.88 Å². The Labute approximate surface area is 128 Å². The minimum atomic E-state index is 0.0393. The Kier molecular flexibility index (Phi) is 4.10. The van der Waals surface area contributed by atoms with E-state index in [9.17, 15) is 4.79 Å². The number of pyridine rings is 1. The molecule has 1 amide bonds. The highest BCUT2D eigenvalue weighted by Gasteiger charge is 2.32. The average molecular weight is 300 g/mol. The van der Waals surface area contributed by atoms with E-state index < -0.39 is 0 Å². The molecule has 0 N–H and O–H groups in total. The molecule has 0 spiro atoms. The Morgan fingerprint density at radius 2 is 2.29 bits per heavy atom. The Bertz CT molecular complexity index is 633. The van der Waals surface area contributed by atoms with E-state index in [2.05, 4.69) is 4.98 Å². The number of rotatable bonds is 4. The lowest BCUT2D eigenvalue weighted by atomic mass is 10.2. The molecule has 1 fully saturated rings. The van der Waals surface area contributed by atoms with Gasteiger partial charge >= 0.3 is 0 Å². The maximum Gasteiger partial charge on any atom is 0.234 e. The summed E-state index contributed by atoms with van der Waals surface area (Å²) in [6.45, 7) is 0.586. The molecule has 0 bridgehead atoms. The molecular weight excluding hydrogens is 284 g/mol. The van der Waals surface area contributed by atoms with E-state index in [-0.39, 0.29) is 11.3 Å². The van der Waals surface area contributed by atoms with Crippen molar-refractivity contribution >= 4 is 17.7 Å². The molecule has 108 valence electrons. The molecule has 4 nitrogen and oxygen atoms in total. The normalized spacial score (nSPS) is 18.0. The van der Waals surface area contributed by atoms with E-state index in [1.165, 1.54) is 0 Å². The highest BCUT2D eigenvalue weighted by molar-refractivity contribution is 8.00. The van der Waals surface area contributed by atoms with Gasteiger partial charge in [0.25, 0.3) is 0 Å². The number of nitrogens with zero attached hydrogens (tertiary/aromatic N) is 2. The predicted molar refractivity (Wildman–Crippen MR) is 83.0 cm³/mol. The number of ether oxygens (including phenoxy) is 1. The minimum Gasteiger partial charge on any atom is -0.497 e. The van der Waals surface area contributed by atoms with Crippen molar-refractivity contribution in [3.8, 4) is 5.75 Å². The topological polar surface area (TPSA) is 42.4 Å². The SMILES string of the molecule is COc1cccc(CN2C(=O)CSC2c2cccnc2)c1. The second-order valence-corrected chi connectivity index (χ2v) is 5.89. The van der Waals surface area contributed by atoms with Crippen LogP contribution in [0.25, 0.3) is 0 Å². The number of carbonyl (C=O) groups is 1. The first-order chi connectivity index (χ1) is 10.3. The number of benzene rings is 1. The Morgan fingerprint density at radius 3 is 3.05 bits per heavy atom. The van der Waals surface area contributed by atoms with Gasteiger partial charge in [-0.25, -0.2) is 0 Å². The molecule has 1 atom stereocenters. The summed E-state index contributed by atoms with van der Waals surface area (Å²) in [5.74, 6) is 1.49. The van der Waals surface area contributed by atoms with Gasteiger partial charge in [-0.1, -0.05) is 18.2 Å². The summed E-state index contributed by atoms with van der Waals surface area (Å²) < 4.78 is 5.24. The minimum absolute atomic E-state index is 0.0393. The van der Waals surface area contributed by atoms with Crippen LogP contribution in [0.1, 0.15) is 16.5 Å². The van der Waals surface area contributed by atoms with Crippen LogP contribution in [-0.2, 0) is 11.3 Å². The first kappa shape index (κ1) is 13.9. The van der Waals surface area contributed by atoms with Crippen LogP contribution < -0.4 is 4.74 Å². The highest BCUT2D eigenvalue weighted by atomic mass is 32.2. The number of methoxy groups -OCH3 is 1. The van der Waals surface area contributed by atoms with Gasteiger partial charge in [0.15, 0.2) is 0 Å². The first-order valence-corrected chi connectivity index (χ1v) is 7.77. The van der Waals surface area contributed by atoms with Gasteiger partial charge < -0.3 is 9.64 Å². The van der Waals surface area contributed by atoms with E-state index >= 15 is 0 Å². The first-order valence-electron chi connectivity index (χ1n) is 6.72. The zero-order valence-electron chi connectivity index (χ0n) is 11.7. The number of aromatic nitrogens is 1. The molecule has 21 heavy (non-hydrogen) atoms. The summed E-state index contributed by atoms with van der Waals surface area (Å²) in [7, 11) is 1.65. The van der Waals surface area contributed by atoms with Crippen molar-refractivity contribution in [2.45, 2.75) is 11.9 Å². The fraction of sp³-hybridized carbons (Fsp3) is 0.250. The van der Waals surface area contributed by atoms with E-state index in [4.69, 9.17) is 4.74 Å². The second kappa shape index (κ2) is 6.18. The van der Waals surface area contributed by atoms with Gasteiger partial charge in [-0.3, -0.25) is 9.78 Å². The summed E-state index contributed by atoms with van der Waals surface area (Å²) in [5.41, 5.74) is 2.13. The zero-order chi connectivity index (χ0) is 14.7. The maximum absolute atomic E-state index is 12.2. The summed E-state index contributed by atoms with van der Waals surface area (Å²) in [6.07, 6.45) is 3.58. The zero-order valence-corrected chi connectivity index (χ0v) is 12.5. The molecule has 1 aliphatic rings. The Morgan fingerprint density at radius 1 is 1.38 bits per heavy atom. The van der Waals surface area contributed by atoms with Crippen LogP contribution in [-0.4, -0.2) is 28.7 Å². The van der Waals surface area contributed by atoms with Crippen molar-refractivity contribution in [3.05, 3.63) is 59.9 Å². The average Bonchev–Trinajstić information content (AvgIpc) is 2.89. The van der Waals surface area contributed by atoms with Crippen LogP contribution in [0.3, 0.4) is 0 Å². The highest BCUT2D eigenvalue weighted by Crippen LogP contribution is 2.39. The molecule has 0 saturated carbocycles. The summed E-state index contributed by atoms with van der Waals surface area (Å²) in [5, 5.41) is 0.0393. The molecule has 0 aliphatic carbocycles. The Hall–Kier alpha value is -2.01. The van der Waals surface area contributed by atoms with E-state index in [1.54, 1.807) is 25.1 Å². The van der Waals surface area contributed by atoms with Gasteiger partial charge in [0.1, 0.15) is 11.1 Å². The summed E-state index contributed by atoms with van der Waals surface area (Å²) in [4.78, 5) is 18.2. The van der Waals surface area contributed by atoms with Gasteiger partial charge in [0, 0.05) is 24.5 Å². The van der Waals surface area contributed by atoms with E-state index in [1.807, 2.05) is 47.5 Å². The number of thioether (sulfide) groups is 1. The van der Waals surface area contributed by atoms with Crippen molar-refractivity contribution in [1.29, 1.82) is 0 Å². The predicted octanol–water partition coefficient (Wildman–Crippen LogP) is 2.86. The van der Waals surface area contributed by atoms with E-state index in [0.29, 0.717) is 12.3 Å². The monoisotopic (exact) mass is 300 g/mol. The largest absolute Gasteiger partial charge is 0.497 e. The molecule has 2 heterocycles. The van der Waals surface area contributed by atoms with Crippen molar-refractivity contribution in [2.24, 2.45) is 0 Å². The second-order valence-electron chi connectivity index (χ2n) is 4.82. The fourth-order valence-corrected chi connectivity index (χ4v) is 3.56. The third-order valence-corrected chi connectivity index (χ3v) is 4.68. The van der Waals surface area contributed by atoms with Crippen LogP contribution >= 0.6 is 11.8 Å². The van der Waals surface area contributed by atoms with Gasteiger partial charge in [-0.15, -0.1) is 11.8 Å². The quantitative estimate of drug-likeness (QED) is 0.871. The molecule has 1 aromatic carbocycles. The molecule has 1 unspecified atom stereocenters. The molecule has 5 heteroatoms. The lowest BCUT2D eigenvalue weighted by Gasteiger charge is -2.24. The summed E-state index contributed by atoms with van der Waals surface area (Å²) in [6, 6.07) is 11.8. The number of hydrogen-bond acceptors (Lipinski definition) is 4. The smallest absolute Gasteiger partial charge is 0.234 e. The Balaban J connectivity index is 1.83. The van der Waals surface area contributed by atoms with Crippen LogP contribution in [0.4, 0.5) is 0 Å².